The lowest BCUT2D eigenvalue weighted by Gasteiger charge is -2.31. The van der Waals surface area contributed by atoms with E-state index in [2.05, 4.69) is 10.3 Å². The Bertz CT molecular complexity index is 669. The van der Waals surface area contributed by atoms with Crippen LogP contribution >= 0.6 is 24.0 Å². The van der Waals surface area contributed by atoms with Crippen molar-refractivity contribution in [2.24, 2.45) is 10.7 Å². The van der Waals surface area contributed by atoms with E-state index in [0.29, 0.717) is 38.3 Å². The largest absolute Gasteiger partial charge is 0.490 e. The van der Waals surface area contributed by atoms with Crippen molar-refractivity contribution in [2.75, 3.05) is 19.7 Å². The van der Waals surface area contributed by atoms with Crippen LogP contribution in [0.1, 0.15) is 57.4 Å². The van der Waals surface area contributed by atoms with Crippen molar-refractivity contribution in [3.63, 3.8) is 0 Å². The molecular weight excluding hydrogens is 495 g/mol. The molecule has 0 atom stereocenters. The molecule has 7 nitrogen and oxygen atoms in total. The van der Waals surface area contributed by atoms with Gasteiger partial charge in [0.2, 0.25) is 0 Å². The molecule has 30 heavy (non-hydrogen) atoms. The van der Waals surface area contributed by atoms with E-state index in [9.17, 15) is 4.79 Å². The third-order valence-electron chi connectivity index (χ3n) is 5.58. The smallest absolute Gasteiger partial charge is 0.409 e. The fourth-order valence-corrected chi connectivity index (χ4v) is 3.90. The Kier molecular flexibility index (Phi) is 10.5. The number of guanidine groups is 1. The molecule has 0 spiro atoms. The van der Waals surface area contributed by atoms with Gasteiger partial charge in [-0.2, -0.15) is 0 Å². The normalized spacial score (nSPS) is 18.4. The first kappa shape index (κ1) is 24.6. The minimum Gasteiger partial charge on any atom is -0.490 e. The highest BCUT2D eigenvalue weighted by molar-refractivity contribution is 14.0. The number of nitrogens with zero attached hydrogens (tertiary/aromatic N) is 2. The van der Waals surface area contributed by atoms with Crippen LogP contribution in [0.5, 0.6) is 5.75 Å². The zero-order valence-electron chi connectivity index (χ0n) is 17.8. The molecule has 2 fully saturated rings. The maximum atomic E-state index is 11.7. The number of aliphatic imine (C=N–C) groups is 1. The van der Waals surface area contributed by atoms with Crippen molar-refractivity contribution in [1.82, 2.24) is 10.2 Å². The molecule has 1 aliphatic heterocycles. The lowest BCUT2D eigenvalue weighted by molar-refractivity contribution is 0.0963. The number of ether oxygens (including phenoxy) is 2. The maximum Gasteiger partial charge on any atom is 0.409 e. The number of nitrogens with two attached hydrogens (primary N) is 1. The topological polar surface area (TPSA) is 89.2 Å². The van der Waals surface area contributed by atoms with Crippen LogP contribution in [-0.2, 0) is 11.3 Å². The molecule has 1 aliphatic carbocycles. The van der Waals surface area contributed by atoms with Gasteiger partial charge in [-0.1, -0.05) is 18.6 Å². The lowest BCUT2D eigenvalue weighted by Crippen LogP contribution is -2.48. The Hall–Kier alpha value is -1.71. The predicted octanol–water partition coefficient (Wildman–Crippen LogP) is 4.04. The summed E-state index contributed by atoms with van der Waals surface area (Å²) in [6.45, 7) is 4.10. The second-order valence-corrected chi connectivity index (χ2v) is 7.83. The van der Waals surface area contributed by atoms with Crippen LogP contribution < -0.4 is 15.8 Å². The number of likely N-dealkylation sites (tertiary alicyclic amines) is 1. The Morgan fingerprint density at radius 2 is 1.80 bits per heavy atom. The fraction of sp³-hybridized carbons (Fsp3) is 0.636. The van der Waals surface area contributed by atoms with Gasteiger partial charge >= 0.3 is 6.09 Å². The van der Waals surface area contributed by atoms with Gasteiger partial charge < -0.3 is 25.4 Å². The summed E-state index contributed by atoms with van der Waals surface area (Å²) in [5, 5.41) is 3.27. The summed E-state index contributed by atoms with van der Waals surface area (Å²) < 4.78 is 11.1. The number of carbonyl (C=O) groups excluding carboxylic acids is 1. The molecule has 3 rings (SSSR count). The zero-order chi connectivity index (χ0) is 20.5. The monoisotopic (exact) mass is 530 g/mol. The molecule has 2 aliphatic rings. The SMILES string of the molecule is CCOC(=O)N1CCC(NC(N)=NCc2ccc(OC3CCCCC3)cc2)CC1.I. The number of carbonyl (C=O) groups is 1. The van der Waals surface area contributed by atoms with Gasteiger partial charge in [0.1, 0.15) is 5.75 Å². The van der Waals surface area contributed by atoms with Gasteiger partial charge in [0.25, 0.3) is 0 Å². The minimum atomic E-state index is -0.233. The molecule has 1 amide bonds. The average molecular weight is 530 g/mol. The van der Waals surface area contributed by atoms with Gasteiger partial charge in [-0.3, -0.25) is 0 Å². The second-order valence-electron chi connectivity index (χ2n) is 7.83. The number of nitrogens with one attached hydrogen (secondary N) is 1. The molecule has 8 heteroatoms. The second kappa shape index (κ2) is 12.9. The molecule has 168 valence electrons. The summed E-state index contributed by atoms with van der Waals surface area (Å²) >= 11 is 0. The Morgan fingerprint density at radius 1 is 1.13 bits per heavy atom. The number of benzene rings is 1. The molecule has 1 saturated carbocycles. The van der Waals surface area contributed by atoms with Crippen molar-refractivity contribution in [3.05, 3.63) is 29.8 Å². The van der Waals surface area contributed by atoms with Crippen LogP contribution in [0.4, 0.5) is 4.79 Å². The highest BCUT2D eigenvalue weighted by Crippen LogP contribution is 2.23. The number of hydrogen-bond acceptors (Lipinski definition) is 4. The first-order valence-electron chi connectivity index (χ1n) is 10.9. The van der Waals surface area contributed by atoms with Gasteiger partial charge in [-0.05, 0) is 63.1 Å². The maximum absolute atomic E-state index is 11.7. The highest BCUT2D eigenvalue weighted by atomic mass is 127. The van der Waals surface area contributed by atoms with Crippen LogP contribution in [0.2, 0.25) is 0 Å². The van der Waals surface area contributed by atoms with Crippen molar-refractivity contribution in [1.29, 1.82) is 0 Å². The van der Waals surface area contributed by atoms with Gasteiger partial charge in [0.15, 0.2) is 5.96 Å². The van der Waals surface area contributed by atoms with Gasteiger partial charge in [-0.25, -0.2) is 9.79 Å². The van der Waals surface area contributed by atoms with E-state index in [4.69, 9.17) is 15.2 Å². The summed E-state index contributed by atoms with van der Waals surface area (Å²) in [6, 6.07) is 8.37. The molecule has 0 radical (unpaired) electrons. The van der Waals surface area contributed by atoms with Crippen molar-refractivity contribution < 1.29 is 14.3 Å². The Labute approximate surface area is 196 Å². The van der Waals surface area contributed by atoms with Crippen molar-refractivity contribution in [3.8, 4) is 5.75 Å². The number of halogens is 1. The molecule has 0 unspecified atom stereocenters. The van der Waals surface area contributed by atoms with Crippen molar-refractivity contribution in [2.45, 2.75) is 70.6 Å². The van der Waals surface area contributed by atoms with E-state index >= 15 is 0 Å². The zero-order valence-corrected chi connectivity index (χ0v) is 20.2. The fourth-order valence-electron chi connectivity index (χ4n) is 3.90. The Balaban J connectivity index is 0.00000320. The molecule has 3 N–H and O–H groups in total. The predicted molar refractivity (Wildman–Crippen MR) is 129 cm³/mol. The van der Waals surface area contributed by atoms with Gasteiger partial charge in [0.05, 0.1) is 19.3 Å². The van der Waals surface area contributed by atoms with Crippen LogP contribution in [-0.4, -0.2) is 48.8 Å². The van der Waals surface area contributed by atoms with Crippen LogP contribution in [0.25, 0.3) is 0 Å². The van der Waals surface area contributed by atoms with Gasteiger partial charge in [-0.15, -0.1) is 24.0 Å². The molecule has 1 saturated heterocycles. The molecule has 1 aromatic rings. The Morgan fingerprint density at radius 3 is 2.43 bits per heavy atom. The molecule has 1 aromatic carbocycles. The third-order valence-corrected chi connectivity index (χ3v) is 5.58. The van der Waals surface area contributed by atoms with E-state index in [0.717, 1.165) is 37.0 Å². The van der Waals surface area contributed by atoms with Crippen LogP contribution in [0, 0.1) is 0 Å². The van der Waals surface area contributed by atoms with E-state index in [1.807, 2.05) is 31.2 Å². The number of amides is 1. The number of rotatable bonds is 6. The molecular formula is C22H35IN4O3. The minimum absolute atomic E-state index is 0. The first-order chi connectivity index (χ1) is 14.1. The van der Waals surface area contributed by atoms with Crippen LogP contribution in [0.15, 0.2) is 29.3 Å². The standard InChI is InChI=1S/C22H34N4O3.HI/c1-2-28-22(27)26-14-12-18(13-15-26)25-21(23)24-16-17-8-10-20(11-9-17)29-19-6-4-3-5-7-19;/h8-11,18-19H,2-7,12-16H2,1H3,(H3,23,24,25);1H. The lowest BCUT2D eigenvalue weighted by atomic mass is 9.98. The van der Waals surface area contributed by atoms with E-state index in [-0.39, 0.29) is 36.1 Å². The summed E-state index contributed by atoms with van der Waals surface area (Å²) in [5.41, 5.74) is 7.16. The van der Waals surface area contributed by atoms with Gasteiger partial charge in [0, 0.05) is 19.1 Å². The summed E-state index contributed by atoms with van der Waals surface area (Å²) in [6.07, 6.45) is 7.99. The van der Waals surface area contributed by atoms with E-state index in [1.54, 1.807) is 4.90 Å². The molecule has 0 aromatic heterocycles. The summed E-state index contributed by atoms with van der Waals surface area (Å²) in [7, 11) is 0. The molecule has 1 heterocycles. The average Bonchev–Trinajstić information content (AvgIpc) is 2.75. The number of hydrogen-bond donors (Lipinski definition) is 2. The summed E-state index contributed by atoms with van der Waals surface area (Å²) in [5.74, 6) is 1.38. The van der Waals surface area contributed by atoms with E-state index < -0.39 is 0 Å². The summed E-state index contributed by atoms with van der Waals surface area (Å²) in [4.78, 5) is 17.9. The molecule has 0 bridgehead atoms. The first-order valence-corrected chi connectivity index (χ1v) is 10.9. The number of piperidine rings is 1. The van der Waals surface area contributed by atoms with Crippen LogP contribution in [0.3, 0.4) is 0 Å². The van der Waals surface area contributed by atoms with E-state index in [1.165, 1.54) is 19.3 Å². The highest BCUT2D eigenvalue weighted by Gasteiger charge is 2.23. The third kappa shape index (κ3) is 7.85. The van der Waals surface area contributed by atoms with Crippen molar-refractivity contribution >= 4 is 36.0 Å². The quantitative estimate of drug-likeness (QED) is 0.329.